The van der Waals surface area contributed by atoms with Gasteiger partial charge >= 0.3 is 12.0 Å². The van der Waals surface area contributed by atoms with E-state index in [4.69, 9.17) is 4.74 Å². The van der Waals surface area contributed by atoms with Gasteiger partial charge in [0, 0.05) is 26.2 Å². The molecule has 114 valence electrons. The van der Waals surface area contributed by atoms with Crippen LogP contribution in [0, 0.1) is 5.41 Å². The van der Waals surface area contributed by atoms with Crippen LogP contribution in [0.3, 0.4) is 0 Å². The van der Waals surface area contributed by atoms with Gasteiger partial charge in [0.1, 0.15) is 6.04 Å². The van der Waals surface area contributed by atoms with E-state index in [0.29, 0.717) is 32.8 Å². The number of carboxylic acid groups (broad SMARTS) is 1. The molecule has 2 aliphatic rings. The molecule has 2 saturated heterocycles. The molecule has 2 rings (SSSR count). The van der Waals surface area contributed by atoms with E-state index < -0.39 is 12.0 Å². The van der Waals surface area contributed by atoms with E-state index >= 15 is 0 Å². The summed E-state index contributed by atoms with van der Waals surface area (Å²) in [6.45, 7) is 6.76. The maximum atomic E-state index is 12.6. The Balaban J connectivity index is 2.15. The molecular weight excluding hydrogens is 260 g/mol. The minimum atomic E-state index is -0.908. The maximum Gasteiger partial charge on any atom is 0.327 e. The Hall–Kier alpha value is -1.30. The first-order valence-electron chi connectivity index (χ1n) is 7.29. The Morgan fingerprint density at radius 2 is 1.90 bits per heavy atom. The van der Waals surface area contributed by atoms with Crippen LogP contribution >= 0.6 is 0 Å². The molecule has 6 heteroatoms. The number of ether oxygens (including phenoxy) is 1. The highest BCUT2D eigenvalue weighted by Gasteiger charge is 2.45. The van der Waals surface area contributed by atoms with Crippen molar-refractivity contribution in [2.45, 2.75) is 39.2 Å². The van der Waals surface area contributed by atoms with Gasteiger partial charge < -0.3 is 19.6 Å². The van der Waals surface area contributed by atoms with Crippen molar-refractivity contribution in [3.8, 4) is 0 Å². The average molecular weight is 284 g/mol. The Morgan fingerprint density at radius 3 is 2.60 bits per heavy atom. The van der Waals surface area contributed by atoms with Crippen molar-refractivity contribution in [3.05, 3.63) is 0 Å². The van der Waals surface area contributed by atoms with Crippen molar-refractivity contribution in [1.82, 2.24) is 9.80 Å². The molecule has 0 radical (unpaired) electrons. The van der Waals surface area contributed by atoms with Crippen LogP contribution in [-0.2, 0) is 9.53 Å². The number of urea groups is 1. The summed E-state index contributed by atoms with van der Waals surface area (Å²) in [5, 5.41) is 9.51. The number of hydrogen-bond donors (Lipinski definition) is 1. The molecular formula is C14H24N2O4. The number of hydrogen-bond acceptors (Lipinski definition) is 3. The number of carbonyl (C=O) groups excluding carboxylic acids is 1. The van der Waals surface area contributed by atoms with Crippen LogP contribution in [0.4, 0.5) is 4.79 Å². The van der Waals surface area contributed by atoms with E-state index in [1.54, 1.807) is 4.90 Å². The van der Waals surface area contributed by atoms with Gasteiger partial charge in [0.25, 0.3) is 0 Å². The second-order valence-electron chi connectivity index (χ2n) is 6.26. The van der Waals surface area contributed by atoms with Crippen molar-refractivity contribution in [2.75, 3.05) is 32.8 Å². The van der Waals surface area contributed by atoms with Crippen molar-refractivity contribution < 1.29 is 19.4 Å². The molecule has 1 N–H and O–H groups in total. The lowest BCUT2D eigenvalue weighted by Gasteiger charge is -2.45. The fraction of sp³-hybridized carbons (Fsp3) is 0.857. The van der Waals surface area contributed by atoms with Gasteiger partial charge in [0.15, 0.2) is 0 Å². The van der Waals surface area contributed by atoms with E-state index in [1.165, 1.54) is 4.90 Å². The normalized spacial score (nSPS) is 27.0. The number of nitrogens with zero attached hydrogens (tertiary/aromatic N) is 2. The Labute approximate surface area is 119 Å². The number of carbonyl (C=O) groups is 2. The summed E-state index contributed by atoms with van der Waals surface area (Å²) in [4.78, 5) is 27.5. The van der Waals surface area contributed by atoms with E-state index in [0.717, 1.165) is 19.3 Å². The van der Waals surface area contributed by atoms with Gasteiger partial charge in [-0.1, -0.05) is 13.8 Å². The van der Waals surface area contributed by atoms with E-state index in [9.17, 15) is 14.7 Å². The summed E-state index contributed by atoms with van der Waals surface area (Å²) in [6, 6.07) is -0.899. The molecule has 0 saturated carbocycles. The largest absolute Gasteiger partial charge is 0.480 e. The molecule has 2 amide bonds. The predicted molar refractivity (Wildman–Crippen MR) is 73.5 cm³/mol. The quantitative estimate of drug-likeness (QED) is 0.790. The lowest BCUT2D eigenvalue weighted by Crippen LogP contribution is -2.59. The van der Waals surface area contributed by atoms with Crippen LogP contribution in [0.1, 0.15) is 33.1 Å². The summed E-state index contributed by atoms with van der Waals surface area (Å²) >= 11 is 0. The fourth-order valence-corrected chi connectivity index (χ4v) is 3.19. The van der Waals surface area contributed by atoms with Gasteiger partial charge in [0.05, 0.1) is 6.61 Å². The molecule has 0 aliphatic carbocycles. The van der Waals surface area contributed by atoms with Crippen LogP contribution in [0.2, 0.25) is 0 Å². The molecule has 6 nitrogen and oxygen atoms in total. The third-order valence-electron chi connectivity index (χ3n) is 4.24. The zero-order valence-corrected chi connectivity index (χ0v) is 12.3. The van der Waals surface area contributed by atoms with E-state index in [1.807, 2.05) is 13.8 Å². The minimum absolute atomic E-state index is 0.157. The van der Waals surface area contributed by atoms with Gasteiger partial charge in [-0.25, -0.2) is 9.59 Å². The molecule has 0 spiro atoms. The number of rotatable bonds is 1. The van der Waals surface area contributed by atoms with Crippen molar-refractivity contribution in [1.29, 1.82) is 0 Å². The topological polar surface area (TPSA) is 70.1 Å². The fourth-order valence-electron chi connectivity index (χ4n) is 3.19. The van der Waals surface area contributed by atoms with E-state index in [2.05, 4.69) is 0 Å². The van der Waals surface area contributed by atoms with E-state index in [-0.39, 0.29) is 11.4 Å². The van der Waals surface area contributed by atoms with Crippen LogP contribution < -0.4 is 0 Å². The molecule has 0 bridgehead atoms. The van der Waals surface area contributed by atoms with Crippen LogP contribution in [0.15, 0.2) is 0 Å². The van der Waals surface area contributed by atoms with Gasteiger partial charge in [0.2, 0.25) is 0 Å². The van der Waals surface area contributed by atoms with Gasteiger partial charge in [-0.15, -0.1) is 0 Å². The number of piperidine rings is 1. The first kappa shape index (κ1) is 15.1. The van der Waals surface area contributed by atoms with Crippen LogP contribution in [-0.4, -0.2) is 65.8 Å². The van der Waals surface area contributed by atoms with Gasteiger partial charge in [-0.05, 0) is 24.7 Å². The Bertz CT molecular complexity index is 375. The molecule has 1 unspecified atom stereocenters. The SMILES string of the molecule is CC1(C)CCCN(C(=O)N2CCCOCC2)C1C(=O)O. The second-order valence-corrected chi connectivity index (χ2v) is 6.26. The molecule has 2 heterocycles. The molecule has 2 aliphatic heterocycles. The summed E-state index contributed by atoms with van der Waals surface area (Å²) < 4.78 is 5.35. The monoisotopic (exact) mass is 284 g/mol. The van der Waals surface area contributed by atoms with Gasteiger partial charge in [-0.3, -0.25) is 0 Å². The molecule has 0 aromatic carbocycles. The maximum absolute atomic E-state index is 12.6. The third kappa shape index (κ3) is 3.06. The number of aliphatic carboxylic acids is 1. The molecule has 0 aromatic heterocycles. The Morgan fingerprint density at radius 1 is 1.15 bits per heavy atom. The lowest BCUT2D eigenvalue weighted by atomic mass is 9.76. The second kappa shape index (κ2) is 5.99. The smallest absolute Gasteiger partial charge is 0.327 e. The summed E-state index contributed by atoms with van der Waals surface area (Å²) in [7, 11) is 0. The van der Waals surface area contributed by atoms with Crippen LogP contribution in [0.25, 0.3) is 0 Å². The summed E-state index contributed by atoms with van der Waals surface area (Å²) in [6.07, 6.45) is 2.49. The first-order valence-corrected chi connectivity index (χ1v) is 7.29. The van der Waals surface area contributed by atoms with Crippen molar-refractivity contribution in [2.24, 2.45) is 5.41 Å². The standard InChI is InChI=1S/C14H24N2O4/c1-14(2)5-3-7-16(11(14)12(17)18)13(19)15-6-4-9-20-10-8-15/h11H,3-10H2,1-2H3,(H,17,18). The number of carboxylic acids is 1. The molecule has 1 atom stereocenters. The predicted octanol–water partition coefficient (Wildman–Crippen LogP) is 1.40. The highest BCUT2D eigenvalue weighted by Crippen LogP contribution is 2.35. The molecule has 0 aromatic rings. The highest BCUT2D eigenvalue weighted by atomic mass is 16.5. The molecule has 2 fully saturated rings. The minimum Gasteiger partial charge on any atom is -0.480 e. The Kier molecular flexibility index (Phi) is 4.52. The zero-order chi connectivity index (χ0) is 14.8. The van der Waals surface area contributed by atoms with Gasteiger partial charge in [-0.2, -0.15) is 0 Å². The number of amides is 2. The average Bonchev–Trinajstić information content (AvgIpc) is 2.64. The zero-order valence-electron chi connectivity index (χ0n) is 12.3. The first-order chi connectivity index (χ1) is 9.43. The summed E-state index contributed by atoms with van der Waals surface area (Å²) in [5.41, 5.74) is -0.387. The number of likely N-dealkylation sites (tertiary alicyclic amines) is 1. The van der Waals surface area contributed by atoms with Crippen molar-refractivity contribution >= 4 is 12.0 Å². The van der Waals surface area contributed by atoms with Crippen LogP contribution in [0.5, 0.6) is 0 Å². The highest BCUT2D eigenvalue weighted by molar-refractivity contribution is 5.83. The molecule has 20 heavy (non-hydrogen) atoms. The lowest BCUT2D eigenvalue weighted by molar-refractivity contribution is -0.148. The summed E-state index contributed by atoms with van der Waals surface area (Å²) in [5.74, 6) is -0.908. The third-order valence-corrected chi connectivity index (χ3v) is 4.24. The van der Waals surface area contributed by atoms with Crippen molar-refractivity contribution in [3.63, 3.8) is 0 Å².